The highest BCUT2D eigenvalue weighted by Crippen LogP contribution is 2.32. The van der Waals surface area contributed by atoms with Crippen molar-refractivity contribution in [3.63, 3.8) is 0 Å². The van der Waals surface area contributed by atoms with Crippen LogP contribution in [0.5, 0.6) is 0 Å². The van der Waals surface area contributed by atoms with E-state index in [9.17, 15) is 4.79 Å². The molecule has 1 aliphatic heterocycles. The number of aromatic amines is 1. The van der Waals surface area contributed by atoms with Gasteiger partial charge in [-0.2, -0.15) is 0 Å². The molecule has 5 nitrogen and oxygen atoms in total. The fraction of sp³-hybridized carbons (Fsp3) is 0.500. The van der Waals surface area contributed by atoms with Crippen molar-refractivity contribution in [2.75, 3.05) is 6.54 Å². The number of amides is 1. The van der Waals surface area contributed by atoms with Crippen LogP contribution in [-0.2, 0) is 4.74 Å². The smallest absolute Gasteiger partial charge is 0.410 e. The number of rotatable bonds is 1. The Morgan fingerprint density at radius 1 is 1.45 bits per heavy atom. The van der Waals surface area contributed by atoms with Gasteiger partial charge in [0.15, 0.2) is 0 Å². The molecule has 0 saturated carbocycles. The summed E-state index contributed by atoms with van der Waals surface area (Å²) in [4.78, 5) is 22.0. The van der Waals surface area contributed by atoms with E-state index < -0.39 is 5.60 Å². The first-order valence-electron chi connectivity index (χ1n) is 7.58. The van der Waals surface area contributed by atoms with E-state index in [1.54, 1.807) is 4.90 Å². The largest absolute Gasteiger partial charge is 0.444 e. The van der Waals surface area contributed by atoms with Crippen LogP contribution in [0.3, 0.4) is 0 Å². The van der Waals surface area contributed by atoms with Gasteiger partial charge >= 0.3 is 6.09 Å². The lowest BCUT2D eigenvalue weighted by molar-refractivity contribution is 0.0219. The molecule has 1 aromatic heterocycles. The van der Waals surface area contributed by atoms with Gasteiger partial charge in [-0.25, -0.2) is 9.78 Å². The van der Waals surface area contributed by atoms with Gasteiger partial charge < -0.3 is 9.72 Å². The normalized spacial score (nSPS) is 18.9. The highest BCUT2D eigenvalue weighted by Gasteiger charge is 2.34. The second-order valence-corrected chi connectivity index (χ2v) is 6.73. The molecule has 1 aliphatic rings. The topological polar surface area (TPSA) is 58.2 Å². The van der Waals surface area contributed by atoms with Crippen LogP contribution in [0, 0.1) is 0 Å². The van der Waals surface area contributed by atoms with E-state index in [1.165, 1.54) is 0 Å². The Morgan fingerprint density at radius 2 is 2.23 bits per heavy atom. The van der Waals surface area contributed by atoms with Crippen LogP contribution >= 0.6 is 0 Å². The summed E-state index contributed by atoms with van der Waals surface area (Å²) in [6.45, 7) is 6.32. The van der Waals surface area contributed by atoms with E-state index in [0.717, 1.165) is 29.7 Å². The van der Waals surface area contributed by atoms with Gasteiger partial charge in [-0.05, 0) is 45.7 Å². The predicted octanol–water partition coefficient (Wildman–Crippen LogP) is 2.43. The molecule has 0 aliphatic carbocycles. The monoisotopic (exact) mass is 297 g/mol. The van der Waals surface area contributed by atoms with Gasteiger partial charge in [0.25, 0.3) is 0 Å². The summed E-state index contributed by atoms with van der Waals surface area (Å²) in [6.07, 6.45) is 1.55. The average molecular weight is 297 g/mol. The number of nitrogens with zero attached hydrogens (tertiary/aromatic N) is 2. The SMILES string of the molecule is [B]c1ccc2nc([C@@H]3CCCN3C(=O)OC(C)(C)C)[nH]c2c1. The number of carbonyl (C=O) groups excluding carboxylic acids is 1. The lowest BCUT2D eigenvalue weighted by Gasteiger charge is -2.27. The van der Waals surface area contributed by atoms with Gasteiger partial charge in [-0.3, -0.25) is 4.90 Å². The van der Waals surface area contributed by atoms with Crippen LogP contribution in [0.1, 0.15) is 45.5 Å². The molecule has 22 heavy (non-hydrogen) atoms. The van der Waals surface area contributed by atoms with E-state index in [-0.39, 0.29) is 12.1 Å². The fourth-order valence-electron chi connectivity index (χ4n) is 2.79. The molecular weight excluding hydrogens is 277 g/mol. The van der Waals surface area contributed by atoms with Gasteiger partial charge in [-0.15, -0.1) is 0 Å². The number of nitrogens with one attached hydrogen (secondary N) is 1. The molecule has 1 aromatic carbocycles. The number of hydrogen-bond donors (Lipinski definition) is 1. The minimum absolute atomic E-state index is 0.0662. The summed E-state index contributed by atoms with van der Waals surface area (Å²) in [5.74, 6) is 0.795. The molecule has 1 amide bonds. The molecule has 0 spiro atoms. The molecule has 2 aromatic rings. The standard InChI is InChI=1S/C16H20BN3O2/c1-16(2,3)22-15(21)20-8-4-5-13(20)14-18-11-7-6-10(17)9-12(11)19-14/h6-7,9,13H,4-5,8H2,1-3H3,(H,18,19)/t13-/m0/s1. The number of hydrogen-bond acceptors (Lipinski definition) is 3. The molecule has 3 rings (SSSR count). The van der Waals surface area contributed by atoms with E-state index >= 15 is 0 Å². The zero-order valence-corrected chi connectivity index (χ0v) is 13.2. The number of H-pyrrole nitrogens is 1. The van der Waals surface area contributed by atoms with Gasteiger partial charge in [0, 0.05) is 6.54 Å². The molecule has 114 valence electrons. The Kier molecular flexibility index (Phi) is 3.63. The average Bonchev–Trinajstić information content (AvgIpc) is 3.01. The summed E-state index contributed by atoms with van der Waals surface area (Å²) in [7, 11) is 5.80. The van der Waals surface area contributed by atoms with Gasteiger partial charge in [0.05, 0.1) is 17.1 Å². The van der Waals surface area contributed by atoms with Crippen molar-refractivity contribution in [3.8, 4) is 0 Å². The molecule has 2 radical (unpaired) electrons. The van der Waals surface area contributed by atoms with Crippen molar-refractivity contribution in [2.45, 2.75) is 45.3 Å². The highest BCUT2D eigenvalue weighted by molar-refractivity contribution is 6.33. The van der Waals surface area contributed by atoms with Crippen molar-refractivity contribution in [1.29, 1.82) is 0 Å². The molecule has 1 saturated heterocycles. The number of aromatic nitrogens is 2. The maximum absolute atomic E-state index is 12.4. The van der Waals surface area contributed by atoms with E-state index in [0.29, 0.717) is 12.0 Å². The minimum atomic E-state index is -0.494. The Bertz CT molecular complexity index is 705. The molecule has 0 unspecified atom stereocenters. The molecule has 2 heterocycles. The lowest BCUT2D eigenvalue weighted by atomic mass is 9.96. The number of fused-ring (bicyclic) bond motifs is 1. The number of carbonyl (C=O) groups is 1. The zero-order valence-electron chi connectivity index (χ0n) is 13.2. The Morgan fingerprint density at radius 3 is 2.95 bits per heavy atom. The second kappa shape index (κ2) is 5.34. The van der Waals surface area contributed by atoms with E-state index in [1.807, 2.05) is 39.0 Å². The zero-order chi connectivity index (χ0) is 15.9. The molecule has 1 fully saturated rings. The quantitative estimate of drug-likeness (QED) is 0.822. The number of likely N-dealkylation sites (tertiary alicyclic amines) is 1. The molecular formula is C16H20BN3O2. The predicted molar refractivity (Wildman–Crippen MR) is 86.4 cm³/mol. The second-order valence-electron chi connectivity index (χ2n) is 6.73. The van der Waals surface area contributed by atoms with Crippen LogP contribution in [-0.4, -0.2) is 41.0 Å². The third kappa shape index (κ3) is 2.96. The number of benzene rings is 1. The first-order valence-corrected chi connectivity index (χ1v) is 7.58. The van der Waals surface area contributed by atoms with Crippen molar-refractivity contribution >= 4 is 30.4 Å². The minimum Gasteiger partial charge on any atom is -0.444 e. The molecule has 6 heteroatoms. The first kappa shape index (κ1) is 14.9. The van der Waals surface area contributed by atoms with E-state index in [2.05, 4.69) is 9.97 Å². The Labute approximate surface area is 131 Å². The van der Waals surface area contributed by atoms with Crippen molar-refractivity contribution in [3.05, 3.63) is 24.0 Å². The first-order chi connectivity index (χ1) is 10.3. The number of ether oxygens (including phenoxy) is 1. The van der Waals surface area contributed by atoms with Crippen LogP contribution < -0.4 is 5.46 Å². The van der Waals surface area contributed by atoms with Gasteiger partial charge in [0.1, 0.15) is 19.3 Å². The highest BCUT2D eigenvalue weighted by atomic mass is 16.6. The lowest BCUT2D eigenvalue weighted by Crippen LogP contribution is -2.36. The number of imidazole rings is 1. The van der Waals surface area contributed by atoms with Gasteiger partial charge in [0.2, 0.25) is 0 Å². The maximum atomic E-state index is 12.4. The summed E-state index contributed by atoms with van der Waals surface area (Å²) in [6, 6.07) is 5.51. The Hall–Kier alpha value is -1.98. The molecule has 1 N–H and O–H groups in total. The van der Waals surface area contributed by atoms with Crippen LogP contribution in [0.2, 0.25) is 0 Å². The summed E-state index contributed by atoms with van der Waals surface area (Å²) >= 11 is 0. The van der Waals surface area contributed by atoms with Crippen molar-refractivity contribution in [2.24, 2.45) is 0 Å². The third-order valence-corrected chi connectivity index (χ3v) is 3.72. The van der Waals surface area contributed by atoms with Crippen LogP contribution in [0.15, 0.2) is 18.2 Å². The third-order valence-electron chi connectivity index (χ3n) is 3.72. The van der Waals surface area contributed by atoms with Crippen LogP contribution in [0.25, 0.3) is 11.0 Å². The summed E-state index contributed by atoms with van der Waals surface area (Å²) in [5.41, 5.74) is 1.96. The Balaban J connectivity index is 1.86. The maximum Gasteiger partial charge on any atom is 0.410 e. The summed E-state index contributed by atoms with van der Waals surface area (Å²) < 4.78 is 5.49. The van der Waals surface area contributed by atoms with E-state index in [4.69, 9.17) is 12.6 Å². The van der Waals surface area contributed by atoms with Crippen LogP contribution in [0.4, 0.5) is 4.79 Å². The molecule has 0 bridgehead atoms. The summed E-state index contributed by atoms with van der Waals surface area (Å²) in [5, 5.41) is 0. The fourth-order valence-corrected chi connectivity index (χ4v) is 2.79. The molecule has 1 atom stereocenters. The van der Waals surface area contributed by atoms with Gasteiger partial charge in [-0.1, -0.05) is 11.5 Å². The van der Waals surface area contributed by atoms with Crippen molar-refractivity contribution < 1.29 is 9.53 Å². The van der Waals surface area contributed by atoms with Crippen molar-refractivity contribution in [1.82, 2.24) is 14.9 Å².